The highest BCUT2D eigenvalue weighted by molar-refractivity contribution is 6.09. The van der Waals surface area contributed by atoms with Gasteiger partial charge in [-0.3, -0.25) is 9.59 Å². The maximum Gasteiger partial charge on any atom is 0.338 e. The van der Waals surface area contributed by atoms with Crippen LogP contribution in [0.3, 0.4) is 0 Å². The lowest BCUT2D eigenvalue weighted by atomic mass is 10.0. The number of carbonyl (C=O) groups is 5. The molecule has 0 radical (unpaired) electrons. The van der Waals surface area contributed by atoms with Gasteiger partial charge in [-0.15, -0.1) is 0 Å². The first-order valence-electron chi connectivity index (χ1n) is 16.8. The van der Waals surface area contributed by atoms with Crippen LogP contribution in [0.25, 0.3) is 21.5 Å². The lowest BCUT2D eigenvalue weighted by Crippen LogP contribution is -2.20. The largest absolute Gasteiger partial charge is 0.507 e. The molecule has 0 bridgehead atoms. The van der Waals surface area contributed by atoms with Crippen molar-refractivity contribution in [3.63, 3.8) is 0 Å². The van der Waals surface area contributed by atoms with Crippen LogP contribution in [0.2, 0.25) is 0 Å². The Morgan fingerprint density at radius 2 is 0.889 bits per heavy atom. The third-order valence-electron chi connectivity index (χ3n) is 8.17. The van der Waals surface area contributed by atoms with E-state index in [1.165, 1.54) is 24.3 Å². The first-order chi connectivity index (χ1) is 26.0. The first kappa shape index (κ1) is 36.4. The summed E-state index contributed by atoms with van der Waals surface area (Å²) in [5.74, 6) is -2.34. The van der Waals surface area contributed by atoms with Gasteiger partial charge in [-0.1, -0.05) is 24.3 Å². The lowest BCUT2D eigenvalue weighted by molar-refractivity contribution is 0.0516. The standard InChI is InChI=1S/C41H34N4O9/c1-3-53-39(50)27-15-23-11-13-31(21-33(23)35(46)19-27)42-37(48)25-7-5-9-29(17-25)44-41(52)45-30-10-6-8-26(18-30)38(49)43-32-14-12-24-16-28(40(51)54-4-2)20-36(47)34(24)22-32/h5-22,46-47H,3-4H2,1-2H3,(H,42,48)(H,43,49)(H2,44,45,52). The van der Waals surface area contributed by atoms with E-state index < -0.39 is 29.8 Å². The zero-order valence-corrected chi connectivity index (χ0v) is 29.1. The van der Waals surface area contributed by atoms with Crippen molar-refractivity contribution in [3.8, 4) is 11.5 Å². The maximum absolute atomic E-state index is 13.1. The van der Waals surface area contributed by atoms with Gasteiger partial charge >= 0.3 is 18.0 Å². The zero-order valence-electron chi connectivity index (χ0n) is 29.1. The van der Waals surface area contributed by atoms with Crippen LogP contribution in [0.5, 0.6) is 11.5 Å². The van der Waals surface area contributed by atoms with E-state index in [1.807, 2.05) is 0 Å². The van der Waals surface area contributed by atoms with Crippen molar-refractivity contribution in [2.75, 3.05) is 34.5 Å². The van der Waals surface area contributed by atoms with Gasteiger partial charge < -0.3 is 41.0 Å². The van der Waals surface area contributed by atoms with Gasteiger partial charge in [0, 0.05) is 44.6 Å². The molecule has 0 saturated carbocycles. The van der Waals surface area contributed by atoms with Crippen LogP contribution < -0.4 is 21.3 Å². The van der Waals surface area contributed by atoms with E-state index in [-0.39, 0.29) is 47.0 Å². The number of rotatable bonds is 10. The van der Waals surface area contributed by atoms with Crippen LogP contribution in [0.15, 0.2) is 109 Å². The Hall–Kier alpha value is -7.41. The van der Waals surface area contributed by atoms with Crippen LogP contribution in [-0.2, 0) is 9.47 Å². The number of esters is 2. The number of phenols is 2. The Bertz CT molecular complexity index is 2290. The zero-order chi connectivity index (χ0) is 38.4. The Morgan fingerprint density at radius 1 is 0.481 bits per heavy atom. The van der Waals surface area contributed by atoms with Crippen LogP contribution in [0, 0.1) is 0 Å². The Labute approximate surface area is 308 Å². The maximum atomic E-state index is 13.1. The Morgan fingerprint density at radius 3 is 1.30 bits per heavy atom. The van der Waals surface area contributed by atoms with Crippen molar-refractivity contribution >= 4 is 74.1 Å². The molecule has 0 spiro atoms. The topological polar surface area (TPSA) is 192 Å². The summed E-state index contributed by atoms with van der Waals surface area (Å²) in [5.41, 5.74) is 2.35. The number of aromatic hydroxyl groups is 2. The lowest BCUT2D eigenvalue weighted by Gasteiger charge is -2.12. The number of phenolic OH excluding ortho intramolecular Hbond substituents is 2. The minimum atomic E-state index is -0.621. The second-order valence-corrected chi connectivity index (χ2v) is 12.0. The number of urea groups is 1. The van der Waals surface area contributed by atoms with E-state index in [0.29, 0.717) is 44.3 Å². The number of benzene rings is 6. The summed E-state index contributed by atoms with van der Waals surface area (Å²) in [5, 5.41) is 34.0. The summed E-state index contributed by atoms with van der Waals surface area (Å²) in [6.45, 7) is 3.78. The number of nitrogens with one attached hydrogen (secondary N) is 4. The molecule has 6 aromatic rings. The molecule has 0 aromatic heterocycles. The smallest absolute Gasteiger partial charge is 0.338 e. The number of carbonyl (C=O) groups excluding carboxylic acids is 5. The summed E-state index contributed by atoms with van der Waals surface area (Å²) in [6, 6.07) is 27.5. The van der Waals surface area contributed by atoms with E-state index in [0.717, 1.165) is 0 Å². The van der Waals surface area contributed by atoms with Crippen LogP contribution >= 0.6 is 0 Å². The summed E-state index contributed by atoms with van der Waals surface area (Å²) < 4.78 is 10.0. The molecule has 0 aliphatic carbocycles. The van der Waals surface area contributed by atoms with Crippen LogP contribution in [0.1, 0.15) is 55.3 Å². The Kier molecular flexibility index (Phi) is 10.7. The highest BCUT2D eigenvalue weighted by Crippen LogP contribution is 2.31. The van der Waals surface area contributed by atoms with Crippen LogP contribution in [-0.4, -0.2) is 53.2 Å². The average molecular weight is 727 g/mol. The molecule has 0 heterocycles. The molecule has 13 heteroatoms. The fraction of sp³-hybridized carbons (Fsp3) is 0.0976. The third-order valence-corrected chi connectivity index (χ3v) is 8.17. The molecule has 6 aromatic carbocycles. The van der Waals surface area contributed by atoms with E-state index in [4.69, 9.17) is 9.47 Å². The van der Waals surface area contributed by atoms with Gasteiger partial charge in [0.15, 0.2) is 0 Å². The molecule has 6 N–H and O–H groups in total. The monoisotopic (exact) mass is 726 g/mol. The molecule has 0 unspecified atom stereocenters. The normalized spacial score (nSPS) is 10.7. The van der Waals surface area contributed by atoms with Gasteiger partial charge in [0.05, 0.1) is 24.3 Å². The third kappa shape index (κ3) is 8.37. The van der Waals surface area contributed by atoms with Gasteiger partial charge in [0.1, 0.15) is 11.5 Å². The number of fused-ring (bicyclic) bond motifs is 2. The molecular formula is C41H34N4O9. The summed E-state index contributed by atoms with van der Waals surface area (Å²) in [4.78, 5) is 63.4. The molecule has 0 aliphatic heterocycles. The predicted octanol–water partition coefficient (Wildman–Crippen LogP) is 7.91. The molecule has 13 nitrogen and oxygen atoms in total. The number of amides is 4. The molecule has 0 saturated heterocycles. The molecule has 0 aliphatic rings. The van der Waals surface area contributed by atoms with Crippen molar-refractivity contribution < 1.29 is 43.7 Å². The molecule has 0 atom stereocenters. The van der Waals surface area contributed by atoms with Gasteiger partial charge in [-0.2, -0.15) is 0 Å². The fourth-order valence-corrected chi connectivity index (χ4v) is 5.67. The van der Waals surface area contributed by atoms with Crippen molar-refractivity contribution in [1.29, 1.82) is 0 Å². The van der Waals surface area contributed by atoms with Gasteiger partial charge in [0.25, 0.3) is 11.8 Å². The molecule has 272 valence electrons. The minimum absolute atomic E-state index is 0.144. The van der Waals surface area contributed by atoms with E-state index in [1.54, 1.807) is 98.8 Å². The number of hydrogen-bond donors (Lipinski definition) is 6. The highest BCUT2D eigenvalue weighted by atomic mass is 16.5. The van der Waals surface area contributed by atoms with E-state index in [2.05, 4.69) is 21.3 Å². The quantitative estimate of drug-likeness (QED) is 0.0761. The first-order valence-corrected chi connectivity index (χ1v) is 16.8. The van der Waals surface area contributed by atoms with Gasteiger partial charge in [0.2, 0.25) is 0 Å². The minimum Gasteiger partial charge on any atom is -0.507 e. The Balaban J connectivity index is 1.07. The SMILES string of the molecule is CCOC(=O)c1cc(O)c2cc(NC(=O)c3cccc(NC(=O)Nc4cccc(C(=O)Nc5ccc6cc(C(=O)OCC)cc(O)c6c5)c4)c3)ccc2c1. The van der Waals surface area contributed by atoms with Gasteiger partial charge in [-0.25, -0.2) is 14.4 Å². The predicted molar refractivity (Wildman–Crippen MR) is 205 cm³/mol. The number of ether oxygens (including phenoxy) is 2. The van der Waals surface area contributed by atoms with Gasteiger partial charge in [-0.05, 0) is 110 Å². The second-order valence-electron chi connectivity index (χ2n) is 12.0. The van der Waals surface area contributed by atoms with Crippen molar-refractivity contribution in [3.05, 3.63) is 131 Å². The van der Waals surface area contributed by atoms with Crippen molar-refractivity contribution in [1.82, 2.24) is 0 Å². The molecule has 6 rings (SSSR count). The number of hydrogen-bond acceptors (Lipinski definition) is 9. The van der Waals surface area contributed by atoms with Crippen molar-refractivity contribution in [2.24, 2.45) is 0 Å². The fourth-order valence-electron chi connectivity index (χ4n) is 5.67. The summed E-state index contributed by atoms with van der Waals surface area (Å²) in [7, 11) is 0. The number of anilines is 4. The van der Waals surface area contributed by atoms with Crippen molar-refractivity contribution in [2.45, 2.75) is 13.8 Å². The van der Waals surface area contributed by atoms with E-state index in [9.17, 15) is 34.2 Å². The van der Waals surface area contributed by atoms with E-state index >= 15 is 0 Å². The molecular weight excluding hydrogens is 692 g/mol. The summed E-state index contributed by atoms with van der Waals surface area (Å²) >= 11 is 0. The average Bonchev–Trinajstić information content (AvgIpc) is 3.15. The molecule has 54 heavy (non-hydrogen) atoms. The highest BCUT2D eigenvalue weighted by Gasteiger charge is 2.16. The molecule has 0 fully saturated rings. The molecule has 4 amide bonds. The van der Waals surface area contributed by atoms with Crippen LogP contribution in [0.4, 0.5) is 27.5 Å². The second kappa shape index (κ2) is 15.9. The summed E-state index contributed by atoms with van der Waals surface area (Å²) in [6.07, 6.45) is 0.